The van der Waals surface area contributed by atoms with Crippen LogP contribution in [0, 0.1) is 17.8 Å². The maximum Gasteiger partial charge on any atom is 0.309 e. The van der Waals surface area contributed by atoms with Gasteiger partial charge in [0, 0.05) is 44.0 Å². The van der Waals surface area contributed by atoms with Crippen LogP contribution in [0.25, 0.3) is 0 Å². The van der Waals surface area contributed by atoms with Crippen molar-refractivity contribution in [2.75, 3.05) is 44.7 Å². The van der Waals surface area contributed by atoms with Gasteiger partial charge in [-0.25, -0.2) is 5.48 Å². The minimum Gasteiger partial charge on any atom is -0.469 e. The maximum absolute atomic E-state index is 13.5. The summed E-state index contributed by atoms with van der Waals surface area (Å²) in [4.78, 5) is 42.5. The van der Waals surface area contributed by atoms with E-state index in [1.54, 1.807) is 10.4 Å². The lowest BCUT2D eigenvalue weighted by atomic mass is 9.66. The van der Waals surface area contributed by atoms with Crippen molar-refractivity contribution in [1.82, 2.24) is 15.7 Å². The van der Waals surface area contributed by atoms with E-state index >= 15 is 0 Å². The molecule has 1 aromatic rings. The molecule has 3 aliphatic rings. The van der Waals surface area contributed by atoms with Gasteiger partial charge in [0.15, 0.2) is 0 Å². The largest absolute Gasteiger partial charge is 0.469 e. The Labute approximate surface area is 175 Å². The second-order valence-electron chi connectivity index (χ2n) is 8.43. The Balaban J connectivity index is 1.52. The summed E-state index contributed by atoms with van der Waals surface area (Å²) in [5, 5.41) is 12.5. The average molecular weight is 416 g/mol. The van der Waals surface area contributed by atoms with E-state index in [9.17, 15) is 19.6 Å². The first kappa shape index (κ1) is 20.6. The third kappa shape index (κ3) is 3.87. The minimum atomic E-state index is -0.846. The second kappa shape index (κ2) is 8.23. The fraction of sp³-hybridized carbons (Fsp3) is 0.571. The number of hydroxylamine groups is 1. The van der Waals surface area contributed by atoms with E-state index in [1.165, 1.54) is 7.11 Å². The number of carbonyl (C=O) groups is 3. The average Bonchev–Trinajstić information content (AvgIpc) is 3.55. The van der Waals surface area contributed by atoms with Crippen molar-refractivity contribution in [3.8, 4) is 0 Å². The third-order valence-corrected chi connectivity index (χ3v) is 6.71. The predicted molar refractivity (Wildman–Crippen MR) is 108 cm³/mol. The van der Waals surface area contributed by atoms with Crippen molar-refractivity contribution in [3.05, 3.63) is 30.3 Å². The molecule has 2 amide bonds. The lowest BCUT2D eigenvalue weighted by molar-refractivity contribution is -0.161. The number of amides is 2. The number of ether oxygens (including phenoxy) is 1. The Kier molecular flexibility index (Phi) is 5.66. The van der Waals surface area contributed by atoms with Crippen LogP contribution in [0.2, 0.25) is 0 Å². The van der Waals surface area contributed by atoms with Gasteiger partial charge in [-0.1, -0.05) is 18.2 Å². The van der Waals surface area contributed by atoms with Crippen LogP contribution in [-0.4, -0.2) is 73.3 Å². The summed E-state index contributed by atoms with van der Waals surface area (Å²) in [5.74, 6) is -3.69. The summed E-state index contributed by atoms with van der Waals surface area (Å²) >= 11 is 0. The van der Waals surface area contributed by atoms with Gasteiger partial charge < -0.3 is 19.9 Å². The number of nitrogens with zero attached hydrogens (tertiary/aromatic N) is 2. The number of para-hydroxylation sites is 1. The highest BCUT2D eigenvalue weighted by atomic mass is 16.5. The van der Waals surface area contributed by atoms with E-state index in [0.29, 0.717) is 45.6 Å². The van der Waals surface area contributed by atoms with Gasteiger partial charge in [-0.3, -0.25) is 19.6 Å². The van der Waals surface area contributed by atoms with Crippen LogP contribution >= 0.6 is 0 Å². The van der Waals surface area contributed by atoms with Crippen LogP contribution in [0.4, 0.5) is 5.69 Å². The molecule has 0 bridgehead atoms. The Bertz CT molecular complexity index is 777. The molecule has 1 aliphatic carbocycles. The minimum absolute atomic E-state index is 0.220. The van der Waals surface area contributed by atoms with E-state index in [0.717, 1.165) is 5.69 Å². The van der Waals surface area contributed by atoms with Gasteiger partial charge in [-0.05, 0) is 25.0 Å². The molecule has 0 radical (unpaired) electrons. The number of methoxy groups -OCH3 is 1. The predicted octanol–water partition coefficient (Wildman–Crippen LogP) is -0.00200. The number of carbonyl (C=O) groups excluding carboxylic acids is 3. The van der Waals surface area contributed by atoms with E-state index in [-0.39, 0.29) is 11.4 Å². The summed E-state index contributed by atoms with van der Waals surface area (Å²) in [5.41, 5.74) is 2.47. The highest BCUT2D eigenvalue weighted by Crippen LogP contribution is 2.46. The third-order valence-electron chi connectivity index (χ3n) is 6.71. The molecule has 30 heavy (non-hydrogen) atoms. The summed E-state index contributed by atoms with van der Waals surface area (Å²) in [6.07, 6.45) is 0.864. The van der Waals surface area contributed by atoms with Gasteiger partial charge in [0.2, 0.25) is 11.8 Å². The fourth-order valence-corrected chi connectivity index (χ4v) is 4.97. The number of esters is 1. The Morgan fingerprint density at radius 1 is 1.10 bits per heavy atom. The van der Waals surface area contributed by atoms with Crippen molar-refractivity contribution in [3.63, 3.8) is 0 Å². The Morgan fingerprint density at radius 2 is 1.73 bits per heavy atom. The lowest BCUT2D eigenvalue weighted by Crippen LogP contribution is -2.57. The van der Waals surface area contributed by atoms with Crippen LogP contribution in [0.5, 0.6) is 0 Å². The van der Waals surface area contributed by atoms with Crippen LogP contribution in [0.3, 0.4) is 0 Å². The highest BCUT2D eigenvalue weighted by molar-refractivity contribution is 5.92. The molecule has 9 heteroatoms. The van der Waals surface area contributed by atoms with Gasteiger partial charge >= 0.3 is 5.97 Å². The highest BCUT2D eigenvalue weighted by Gasteiger charge is 2.59. The van der Waals surface area contributed by atoms with Crippen LogP contribution in [0.15, 0.2) is 30.3 Å². The van der Waals surface area contributed by atoms with Gasteiger partial charge in [0.25, 0.3) is 0 Å². The van der Waals surface area contributed by atoms with Crippen LogP contribution in [-0.2, 0) is 19.1 Å². The number of anilines is 1. The van der Waals surface area contributed by atoms with Crippen molar-refractivity contribution in [2.24, 2.45) is 17.8 Å². The second-order valence-corrected chi connectivity index (χ2v) is 8.43. The first-order valence-electron chi connectivity index (χ1n) is 10.3. The molecule has 4 atom stereocenters. The smallest absolute Gasteiger partial charge is 0.309 e. The standard InChI is InChI=1S/C21H28N4O5/c1-30-20(28)16-12-21(13-22-21)11-15(18(26)23-29)17(16)19(27)25-9-7-24(8-10-25)14-5-3-2-4-6-14/h2-6,15-17,22,29H,7-13H2,1H3,(H,23,26). The summed E-state index contributed by atoms with van der Waals surface area (Å²) in [7, 11) is 1.30. The van der Waals surface area contributed by atoms with Crippen molar-refractivity contribution in [1.29, 1.82) is 0 Å². The molecule has 2 aliphatic heterocycles. The van der Waals surface area contributed by atoms with E-state index in [4.69, 9.17) is 4.74 Å². The number of hydrogen-bond donors (Lipinski definition) is 3. The van der Waals surface area contributed by atoms with Gasteiger partial charge in [0.1, 0.15) is 0 Å². The fourth-order valence-electron chi connectivity index (χ4n) is 4.97. The zero-order valence-corrected chi connectivity index (χ0v) is 17.0. The van der Waals surface area contributed by atoms with Crippen molar-refractivity contribution >= 4 is 23.5 Å². The number of nitrogens with one attached hydrogen (secondary N) is 2. The molecule has 9 nitrogen and oxygen atoms in total. The van der Waals surface area contributed by atoms with Crippen LogP contribution in [0.1, 0.15) is 12.8 Å². The molecule has 4 unspecified atom stereocenters. The molecule has 0 aromatic heterocycles. The van der Waals surface area contributed by atoms with Crippen molar-refractivity contribution in [2.45, 2.75) is 18.4 Å². The summed E-state index contributed by atoms with van der Waals surface area (Å²) in [6.45, 7) is 3.05. The van der Waals surface area contributed by atoms with Gasteiger partial charge in [0.05, 0.1) is 24.9 Å². The molecular weight excluding hydrogens is 388 g/mol. The Morgan fingerprint density at radius 3 is 2.30 bits per heavy atom. The normalized spacial score (nSPS) is 30.7. The Hall–Kier alpha value is -2.65. The monoisotopic (exact) mass is 416 g/mol. The van der Waals surface area contributed by atoms with Crippen LogP contribution < -0.4 is 15.7 Å². The zero-order chi connectivity index (χ0) is 21.3. The topological polar surface area (TPSA) is 121 Å². The zero-order valence-electron chi connectivity index (χ0n) is 17.0. The molecule has 2 heterocycles. The summed E-state index contributed by atoms with van der Waals surface area (Å²) < 4.78 is 4.98. The van der Waals surface area contributed by atoms with Crippen molar-refractivity contribution < 1.29 is 24.3 Å². The number of benzene rings is 1. The molecule has 3 fully saturated rings. The van der Waals surface area contributed by atoms with E-state index in [1.807, 2.05) is 30.3 Å². The van der Waals surface area contributed by atoms with E-state index < -0.39 is 29.6 Å². The molecule has 3 N–H and O–H groups in total. The molecule has 1 spiro atoms. The molecule has 2 saturated heterocycles. The number of rotatable bonds is 4. The quantitative estimate of drug-likeness (QED) is 0.273. The molecular formula is C21H28N4O5. The first-order valence-corrected chi connectivity index (χ1v) is 10.3. The maximum atomic E-state index is 13.5. The molecule has 4 rings (SSSR count). The van der Waals surface area contributed by atoms with E-state index in [2.05, 4.69) is 10.2 Å². The lowest BCUT2D eigenvalue weighted by Gasteiger charge is -2.43. The molecule has 162 valence electrons. The summed E-state index contributed by atoms with van der Waals surface area (Å²) in [6, 6.07) is 10.0. The molecule has 1 aromatic carbocycles. The number of piperazine rings is 1. The van der Waals surface area contributed by atoms with Gasteiger partial charge in [-0.15, -0.1) is 0 Å². The molecule has 1 saturated carbocycles. The van der Waals surface area contributed by atoms with Gasteiger partial charge in [-0.2, -0.15) is 0 Å². The first-order chi connectivity index (χ1) is 14.5. The SMILES string of the molecule is COC(=O)C1CC2(CN2)CC(C(=O)NO)C1C(=O)N1CCN(c2ccccc2)CC1. The number of hydrogen-bond acceptors (Lipinski definition) is 7.